The van der Waals surface area contributed by atoms with Gasteiger partial charge in [-0.15, -0.1) is 24.0 Å². The van der Waals surface area contributed by atoms with Gasteiger partial charge in [0.15, 0.2) is 5.96 Å². The third kappa shape index (κ3) is 10.1. The van der Waals surface area contributed by atoms with E-state index in [0.717, 1.165) is 36.5 Å². The first-order chi connectivity index (χ1) is 11.0. The van der Waals surface area contributed by atoms with E-state index in [1.54, 1.807) is 6.07 Å². The second-order valence-electron chi connectivity index (χ2n) is 5.66. The standard InChI is InChI=1S/C17H27BrN4O.HI/c1-4-19-17(22-12-13(2)3)21-10-6-9-20-16(23)14-7-5-8-15(18)11-14;/h5,7-8,11,13H,4,6,9-10,12H2,1-3H3,(H,20,23)(H2,19,21,22);1H. The third-order valence-electron chi connectivity index (χ3n) is 2.98. The number of hydrogen-bond donors (Lipinski definition) is 3. The molecule has 0 fully saturated rings. The molecular weight excluding hydrogens is 483 g/mol. The molecule has 1 aromatic carbocycles. The minimum absolute atomic E-state index is 0. The van der Waals surface area contributed by atoms with Crippen LogP contribution in [0.1, 0.15) is 37.6 Å². The molecule has 5 nitrogen and oxygen atoms in total. The molecule has 0 atom stereocenters. The summed E-state index contributed by atoms with van der Waals surface area (Å²) >= 11 is 3.37. The first kappa shape index (κ1) is 23.2. The van der Waals surface area contributed by atoms with Gasteiger partial charge in [-0.3, -0.25) is 9.79 Å². The van der Waals surface area contributed by atoms with E-state index < -0.39 is 0 Å². The molecule has 24 heavy (non-hydrogen) atoms. The van der Waals surface area contributed by atoms with Crippen LogP contribution in [0.3, 0.4) is 0 Å². The van der Waals surface area contributed by atoms with Gasteiger partial charge in [-0.05, 0) is 37.5 Å². The Kier molecular flexibility index (Phi) is 13.0. The van der Waals surface area contributed by atoms with Crippen molar-refractivity contribution in [1.29, 1.82) is 0 Å². The van der Waals surface area contributed by atoms with Crippen molar-refractivity contribution < 1.29 is 4.79 Å². The maximum Gasteiger partial charge on any atom is 0.251 e. The summed E-state index contributed by atoms with van der Waals surface area (Å²) in [6.45, 7) is 9.36. The zero-order chi connectivity index (χ0) is 17.1. The smallest absolute Gasteiger partial charge is 0.251 e. The molecule has 0 saturated carbocycles. The van der Waals surface area contributed by atoms with E-state index >= 15 is 0 Å². The van der Waals surface area contributed by atoms with E-state index in [-0.39, 0.29) is 29.9 Å². The number of benzene rings is 1. The predicted molar refractivity (Wildman–Crippen MR) is 115 cm³/mol. The van der Waals surface area contributed by atoms with Crippen LogP contribution < -0.4 is 16.0 Å². The van der Waals surface area contributed by atoms with Crippen LogP contribution in [0.5, 0.6) is 0 Å². The molecule has 1 amide bonds. The molecule has 7 heteroatoms. The van der Waals surface area contributed by atoms with Gasteiger partial charge < -0.3 is 16.0 Å². The Balaban J connectivity index is 0.00000529. The monoisotopic (exact) mass is 510 g/mol. The van der Waals surface area contributed by atoms with Gasteiger partial charge in [0.1, 0.15) is 0 Å². The lowest BCUT2D eigenvalue weighted by molar-refractivity contribution is 0.0953. The van der Waals surface area contributed by atoms with E-state index in [0.29, 0.717) is 18.0 Å². The molecule has 136 valence electrons. The van der Waals surface area contributed by atoms with Crippen LogP contribution in [0.2, 0.25) is 0 Å². The van der Waals surface area contributed by atoms with E-state index in [2.05, 4.69) is 50.7 Å². The lowest BCUT2D eigenvalue weighted by Crippen LogP contribution is -2.39. The average Bonchev–Trinajstić information content (AvgIpc) is 2.51. The molecule has 0 heterocycles. The fourth-order valence-electron chi connectivity index (χ4n) is 1.84. The molecule has 0 radical (unpaired) electrons. The Morgan fingerprint density at radius 1 is 1.21 bits per heavy atom. The Morgan fingerprint density at radius 3 is 2.54 bits per heavy atom. The second kappa shape index (κ2) is 13.5. The minimum atomic E-state index is -0.0494. The van der Waals surface area contributed by atoms with Gasteiger partial charge in [-0.1, -0.05) is 35.8 Å². The van der Waals surface area contributed by atoms with E-state index in [1.165, 1.54) is 0 Å². The number of rotatable bonds is 8. The fourth-order valence-corrected chi connectivity index (χ4v) is 2.24. The Morgan fingerprint density at radius 2 is 1.92 bits per heavy atom. The van der Waals surface area contributed by atoms with Crippen molar-refractivity contribution >= 4 is 51.8 Å². The van der Waals surface area contributed by atoms with Gasteiger partial charge in [0.25, 0.3) is 5.91 Å². The maximum atomic E-state index is 12.0. The Bertz CT molecular complexity index is 523. The Hall–Kier alpha value is -0.830. The fraction of sp³-hybridized carbons (Fsp3) is 0.529. The van der Waals surface area contributed by atoms with Gasteiger partial charge in [0, 0.05) is 36.2 Å². The summed E-state index contributed by atoms with van der Waals surface area (Å²) in [5.41, 5.74) is 0.666. The van der Waals surface area contributed by atoms with Crippen LogP contribution in [-0.2, 0) is 0 Å². The lowest BCUT2D eigenvalue weighted by atomic mass is 10.2. The van der Waals surface area contributed by atoms with Crippen LogP contribution in [0.15, 0.2) is 33.7 Å². The molecule has 1 aromatic rings. The number of carbonyl (C=O) groups excluding carboxylic acids is 1. The van der Waals surface area contributed by atoms with Crippen molar-refractivity contribution in [1.82, 2.24) is 16.0 Å². The van der Waals surface area contributed by atoms with Crippen molar-refractivity contribution in [2.24, 2.45) is 10.9 Å². The van der Waals surface area contributed by atoms with Crippen LogP contribution in [0.25, 0.3) is 0 Å². The highest BCUT2D eigenvalue weighted by Gasteiger charge is 2.04. The highest BCUT2D eigenvalue weighted by molar-refractivity contribution is 14.0. The van der Waals surface area contributed by atoms with Crippen LogP contribution in [0.4, 0.5) is 0 Å². The number of hydrogen-bond acceptors (Lipinski definition) is 2. The molecule has 0 bridgehead atoms. The van der Waals surface area contributed by atoms with Gasteiger partial charge in [0.05, 0.1) is 0 Å². The summed E-state index contributed by atoms with van der Waals surface area (Å²) in [5, 5.41) is 9.42. The summed E-state index contributed by atoms with van der Waals surface area (Å²) in [5.74, 6) is 1.32. The average molecular weight is 511 g/mol. The molecule has 0 unspecified atom stereocenters. The van der Waals surface area contributed by atoms with Crippen molar-refractivity contribution in [3.05, 3.63) is 34.3 Å². The lowest BCUT2D eigenvalue weighted by Gasteiger charge is -2.12. The highest BCUT2D eigenvalue weighted by atomic mass is 127. The molecule has 0 aromatic heterocycles. The zero-order valence-electron chi connectivity index (χ0n) is 14.6. The molecular formula is C17H28BrIN4O. The van der Waals surface area contributed by atoms with Crippen LogP contribution >= 0.6 is 39.9 Å². The van der Waals surface area contributed by atoms with E-state index in [4.69, 9.17) is 0 Å². The van der Waals surface area contributed by atoms with Gasteiger partial charge >= 0.3 is 0 Å². The number of guanidine groups is 1. The van der Waals surface area contributed by atoms with Crippen molar-refractivity contribution in [3.8, 4) is 0 Å². The maximum absolute atomic E-state index is 12.0. The van der Waals surface area contributed by atoms with Crippen molar-refractivity contribution in [2.75, 3.05) is 26.2 Å². The second-order valence-corrected chi connectivity index (χ2v) is 6.58. The summed E-state index contributed by atoms with van der Waals surface area (Å²) < 4.78 is 0.906. The first-order valence-corrected chi connectivity index (χ1v) is 8.88. The van der Waals surface area contributed by atoms with E-state index in [9.17, 15) is 4.79 Å². The Labute approximate surface area is 170 Å². The third-order valence-corrected chi connectivity index (χ3v) is 3.47. The SMILES string of the molecule is CCNC(=NCC(C)C)NCCCNC(=O)c1cccc(Br)c1.I. The highest BCUT2D eigenvalue weighted by Crippen LogP contribution is 2.11. The number of carbonyl (C=O) groups is 1. The van der Waals surface area contributed by atoms with Gasteiger partial charge in [-0.25, -0.2) is 0 Å². The normalized spacial score (nSPS) is 11.0. The number of halogens is 2. The first-order valence-electron chi connectivity index (χ1n) is 8.09. The number of aliphatic imine (C=N–C) groups is 1. The largest absolute Gasteiger partial charge is 0.357 e. The summed E-state index contributed by atoms with van der Waals surface area (Å²) in [7, 11) is 0. The van der Waals surface area contributed by atoms with E-state index in [1.807, 2.05) is 25.1 Å². The molecule has 1 rings (SSSR count). The van der Waals surface area contributed by atoms with Crippen molar-refractivity contribution in [2.45, 2.75) is 27.2 Å². The number of nitrogens with zero attached hydrogens (tertiary/aromatic N) is 1. The molecule has 0 saturated heterocycles. The molecule has 3 N–H and O–H groups in total. The molecule has 0 aliphatic rings. The van der Waals surface area contributed by atoms with Crippen LogP contribution in [-0.4, -0.2) is 38.0 Å². The van der Waals surface area contributed by atoms with Gasteiger partial charge in [-0.2, -0.15) is 0 Å². The summed E-state index contributed by atoms with van der Waals surface area (Å²) in [4.78, 5) is 16.5. The molecule has 0 spiro atoms. The molecule has 0 aliphatic carbocycles. The zero-order valence-corrected chi connectivity index (χ0v) is 18.5. The topological polar surface area (TPSA) is 65.5 Å². The van der Waals surface area contributed by atoms with Crippen LogP contribution in [0, 0.1) is 5.92 Å². The number of nitrogens with one attached hydrogen (secondary N) is 3. The number of amides is 1. The predicted octanol–water partition coefficient (Wildman–Crippen LogP) is 3.40. The quantitative estimate of drug-likeness (QED) is 0.217. The minimum Gasteiger partial charge on any atom is -0.357 e. The van der Waals surface area contributed by atoms with Gasteiger partial charge in [0.2, 0.25) is 0 Å². The molecule has 0 aliphatic heterocycles. The summed E-state index contributed by atoms with van der Waals surface area (Å²) in [6, 6.07) is 7.38. The van der Waals surface area contributed by atoms with Crippen molar-refractivity contribution in [3.63, 3.8) is 0 Å². The summed E-state index contributed by atoms with van der Waals surface area (Å²) in [6.07, 6.45) is 0.839.